The maximum atomic E-state index is 11.0. The predicted molar refractivity (Wildman–Crippen MR) is 40.1 cm³/mol. The molecule has 0 saturated carbocycles. The number of nitrogens with one attached hydrogen (secondary N) is 2. The van der Waals surface area contributed by atoms with E-state index in [1.165, 1.54) is 6.20 Å². The van der Waals surface area contributed by atoms with Crippen LogP contribution in [0.2, 0.25) is 0 Å². The smallest absolute Gasteiger partial charge is 0.259 e. The van der Waals surface area contributed by atoms with E-state index in [4.69, 9.17) is 12.2 Å². The molecule has 55 valence electrons. The standard InChI is InChI=1S/C5H3N4OS/c10-4-2-1-6-9-3(2)7-5(11)8-4/h1H,(H2,7,8,10,11). The Labute approximate surface area is 67.6 Å². The van der Waals surface area contributed by atoms with Crippen molar-refractivity contribution in [3.8, 4) is 0 Å². The van der Waals surface area contributed by atoms with Crippen LogP contribution in [0.5, 0.6) is 0 Å². The normalized spacial score (nSPS) is 22.4. The van der Waals surface area contributed by atoms with Crippen LogP contribution < -0.4 is 10.6 Å². The largest absolute Gasteiger partial charge is 0.329 e. The Balaban J connectivity index is 2.31. The van der Waals surface area contributed by atoms with Crippen LogP contribution in [0.25, 0.3) is 0 Å². The summed E-state index contributed by atoms with van der Waals surface area (Å²) in [5.74, 6) is -0.256. The van der Waals surface area contributed by atoms with Gasteiger partial charge in [0.05, 0.1) is 11.8 Å². The van der Waals surface area contributed by atoms with Crippen LogP contribution in [0.1, 0.15) is 0 Å². The van der Waals surface area contributed by atoms with E-state index in [1.54, 1.807) is 0 Å². The van der Waals surface area contributed by atoms with Crippen LogP contribution in [0.15, 0.2) is 22.0 Å². The van der Waals surface area contributed by atoms with Crippen molar-refractivity contribution in [2.24, 2.45) is 10.2 Å². The van der Waals surface area contributed by atoms with Crippen molar-refractivity contribution in [1.82, 2.24) is 10.6 Å². The van der Waals surface area contributed by atoms with Crippen LogP contribution in [0, 0.1) is 6.17 Å². The van der Waals surface area contributed by atoms with E-state index < -0.39 is 0 Å². The quantitative estimate of drug-likeness (QED) is 0.492. The Morgan fingerprint density at radius 3 is 3.09 bits per heavy atom. The molecule has 1 radical (unpaired) electrons. The summed E-state index contributed by atoms with van der Waals surface area (Å²) in [5.41, 5.74) is 0.429. The molecule has 2 aliphatic heterocycles. The minimum absolute atomic E-state index is 0.256. The zero-order chi connectivity index (χ0) is 7.84. The minimum atomic E-state index is -0.256. The number of hydrogen-bond acceptors (Lipinski definition) is 4. The summed E-state index contributed by atoms with van der Waals surface area (Å²) in [5, 5.41) is 12.6. The van der Waals surface area contributed by atoms with Gasteiger partial charge in [0.15, 0.2) is 5.11 Å². The summed E-state index contributed by atoms with van der Waals surface area (Å²) >= 11 is 4.71. The van der Waals surface area contributed by atoms with Crippen LogP contribution >= 0.6 is 12.2 Å². The number of thiocarbonyl (C=S) groups is 1. The highest BCUT2D eigenvalue weighted by molar-refractivity contribution is 7.80. The molecule has 0 aromatic heterocycles. The highest BCUT2D eigenvalue weighted by Crippen LogP contribution is 2.21. The molecule has 0 aromatic carbocycles. The average molecular weight is 167 g/mol. The third kappa shape index (κ3) is 0.911. The fourth-order valence-electron chi connectivity index (χ4n) is 0.827. The zero-order valence-electron chi connectivity index (χ0n) is 5.29. The molecule has 2 heterocycles. The van der Waals surface area contributed by atoms with Crippen molar-refractivity contribution in [2.75, 3.05) is 0 Å². The summed E-state index contributed by atoms with van der Waals surface area (Å²) in [7, 11) is 0. The molecular formula is C5H3N4OS. The number of amides is 1. The van der Waals surface area contributed by atoms with Gasteiger partial charge >= 0.3 is 0 Å². The number of azo groups is 1. The molecule has 6 heteroatoms. The van der Waals surface area contributed by atoms with Crippen molar-refractivity contribution >= 4 is 23.2 Å². The maximum absolute atomic E-state index is 11.0. The van der Waals surface area contributed by atoms with Gasteiger partial charge in [-0.3, -0.25) is 10.1 Å². The van der Waals surface area contributed by atoms with Gasteiger partial charge in [-0.2, -0.15) is 5.11 Å². The zero-order valence-corrected chi connectivity index (χ0v) is 6.10. The molecular weight excluding hydrogens is 164 g/mol. The first kappa shape index (κ1) is 6.41. The van der Waals surface area contributed by atoms with Crippen LogP contribution in [0.4, 0.5) is 0 Å². The van der Waals surface area contributed by atoms with Crippen LogP contribution in [0.3, 0.4) is 0 Å². The number of carbonyl (C=O) groups excluding carboxylic acids is 1. The highest BCUT2D eigenvalue weighted by Gasteiger charge is 2.31. The number of fused-ring (bicyclic) bond motifs is 1. The van der Waals surface area contributed by atoms with Crippen LogP contribution in [-0.4, -0.2) is 11.0 Å². The van der Waals surface area contributed by atoms with Crippen molar-refractivity contribution in [3.05, 3.63) is 17.9 Å². The second-order valence-electron chi connectivity index (χ2n) is 2.02. The predicted octanol–water partition coefficient (Wildman–Crippen LogP) is -0.170. The maximum Gasteiger partial charge on any atom is 0.259 e. The lowest BCUT2D eigenvalue weighted by Crippen LogP contribution is -2.48. The van der Waals surface area contributed by atoms with E-state index in [9.17, 15) is 4.79 Å². The Morgan fingerprint density at radius 2 is 2.27 bits per heavy atom. The highest BCUT2D eigenvalue weighted by atomic mass is 32.1. The van der Waals surface area contributed by atoms with E-state index in [0.29, 0.717) is 11.7 Å². The molecule has 5 nitrogen and oxygen atoms in total. The van der Waals surface area contributed by atoms with Gasteiger partial charge in [0.2, 0.25) is 6.17 Å². The molecule has 0 spiro atoms. The van der Waals surface area contributed by atoms with Gasteiger partial charge in [-0.05, 0) is 12.2 Å². The van der Waals surface area contributed by atoms with Gasteiger partial charge in [0.1, 0.15) is 0 Å². The van der Waals surface area contributed by atoms with Gasteiger partial charge in [-0.15, -0.1) is 5.11 Å². The van der Waals surface area contributed by atoms with Gasteiger partial charge in [-0.1, -0.05) is 0 Å². The SMILES string of the molecule is O=C1NC(=S)N[C]2N=NC=C21. The lowest BCUT2D eigenvalue weighted by molar-refractivity contribution is -0.116. The fourth-order valence-corrected chi connectivity index (χ4v) is 1.02. The second kappa shape index (κ2) is 2.09. The molecule has 1 amide bonds. The Bertz CT molecular complexity index is 295. The molecule has 1 saturated heterocycles. The van der Waals surface area contributed by atoms with E-state index >= 15 is 0 Å². The first-order valence-electron chi connectivity index (χ1n) is 2.88. The van der Waals surface area contributed by atoms with Gasteiger partial charge in [0, 0.05) is 0 Å². The molecule has 0 bridgehead atoms. The molecule has 0 atom stereocenters. The summed E-state index contributed by atoms with van der Waals surface area (Å²) < 4.78 is 0. The molecule has 2 N–H and O–H groups in total. The van der Waals surface area contributed by atoms with Gasteiger partial charge in [-0.25, -0.2) is 0 Å². The Kier molecular flexibility index (Phi) is 1.22. The van der Waals surface area contributed by atoms with Crippen molar-refractivity contribution in [1.29, 1.82) is 0 Å². The van der Waals surface area contributed by atoms with E-state index in [-0.39, 0.29) is 11.0 Å². The van der Waals surface area contributed by atoms with E-state index in [1.807, 2.05) is 0 Å². The Hall–Kier alpha value is -1.30. The molecule has 1 fully saturated rings. The molecule has 2 rings (SSSR count). The summed E-state index contributed by atoms with van der Waals surface area (Å²) in [6, 6.07) is 0. The van der Waals surface area contributed by atoms with Gasteiger partial charge < -0.3 is 5.32 Å². The monoisotopic (exact) mass is 167 g/mol. The van der Waals surface area contributed by atoms with Gasteiger partial charge in [0.25, 0.3) is 5.91 Å². The molecule has 11 heavy (non-hydrogen) atoms. The third-order valence-corrected chi connectivity index (χ3v) is 1.51. The lowest BCUT2D eigenvalue weighted by atomic mass is 10.2. The summed E-state index contributed by atoms with van der Waals surface area (Å²) in [6.07, 6.45) is 1.82. The molecule has 0 aliphatic carbocycles. The number of hydrogen-bond donors (Lipinski definition) is 2. The second-order valence-corrected chi connectivity index (χ2v) is 2.42. The number of nitrogens with zero attached hydrogens (tertiary/aromatic N) is 2. The van der Waals surface area contributed by atoms with Crippen molar-refractivity contribution in [2.45, 2.75) is 0 Å². The number of carbonyl (C=O) groups is 1. The molecule has 0 unspecified atom stereocenters. The van der Waals surface area contributed by atoms with E-state index in [0.717, 1.165) is 0 Å². The van der Waals surface area contributed by atoms with Crippen molar-refractivity contribution in [3.63, 3.8) is 0 Å². The topological polar surface area (TPSA) is 65.8 Å². The molecule has 0 aromatic rings. The first-order valence-corrected chi connectivity index (χ1v) is 3.29. The summed E-state index contributed by atoms with van der Waals surface area (Å²) in [4.78, 5) is 11.0. The Morgan fingerprint density at radius 1 is 1.45 bits per heavy atom. The fraction of sp³-hybridized carbons (Fsp3) is 0. The molecule has 2 aliphatic rings. The lowest BCUT2D eigenvalue weighted by Gasteiger charge is -2.19. The first-order chi connectivity index (χ1) is 5.27. The van der Waals surface area contributed by atoms with Crippen LogP contribution in [-0.2, 0) is 4.79 Å². The van der Waals surface area contributed by atoms with E-state index in [2.05, 4.69) is 20.9 Å². The third-order valence-electron chi connectivity index (χ3n) is 1.30. The average Bonchev–Trinajstić information content (AvgIpc) is 2.34. The summed E-state index contributed by atoms with van der Waals surface area (Å²) in [6.45, 7) is 0. The number of rotatable bonds is 0. The minimum Gasteiger partial charge on any atom is -0.329 e. The van der Waals surface area contributed by atoms with Crippen molar-refractivity contribution < 1.29 is 4.79 Å².